The van der Waals surface area contributed by atoms with Crippen molar-refractivity contribution < 1.29 is 29.7 Å². The van der Waals surface area contributed by atoms with Gasteiger partial charge in [-0.15, -0.1) is 0 Å². The second kappa shape index (κ2) is 95.7. The van der Waals surface area contributed by atoms with Crippen molar-refractivity contribution in [3.8, 4) is 0 Å². The molecule has 0 heterocycles. The van der Waals surface area contributed by atoms with Crippen LogP contribution in [0.5, 0.6) is 0 Å². The van der Waals surface area contributed by atoms with E-state index in [0.29, 0.717) is 0 Å². The quantitative estimate of drug-likeness (QED) is 0.259. The Balaban J connectivity index is -0.00000000346. The molecule has 0 rings (SSSR count). The van der Waals surface area contributed by atoms with Gasteiger partial charge in [-0.25, -0.2) is 0 Å². The molecule has 0 spiro atoms. The van der Waals surface area contributed by atoms with Gasteiger partial charge in [-0.3, -0.25) is 14.4 Å². The van der Waals surface area contributed by atoms with Crippen LogP contribution in [0.2, 0.25) is 0 Å². The van der Waals surface area contributed by atoms with Gasteiger partial charge in [-0.05, 0) is 0 Å². The van der Waals surface area contributed by atoms with Crippen molar-refractivity contribution in [1.29, 1.82) is 0 Å². The SMILES string of the molecule is O=CO.O=CO.O=CO.[CaH2].[CaH2].[CaH2].[CaH2].[CaH2].[CaH2].[CaH2]. The number of hydrogen-bond acceptors (Lipinski definition) is 3. The molecule has 0 aromatic heterocycles. The van der Waals surface area contributed by atoms with E-state index in [2.05, 4.69) is 0 Å². The third-order valence-corrected chi connectivity index (χ3v) is 0. The van der Waals surface area contributed by atoms with Gasteiger partial charge < -0.3 is 15.3 Å². The predicted molar refractivity (Wildman–Crippen MR) is 85.9 cm³/mol. The number of rotatable bonds is 0. The summed E-state index contributed by atoms with van der Waals surface area (Å²) in [6.07, 6.45) is 0. The van der Waals surface area contributed by atoms with Crippen LogP contribution in [0.3, 0.4) is 0 Å². The third-order valence-electron chi connectivity index (χ3n) is 0. The first-order valence-corrected chi connectivity index (χ1v) is 1.48. The van der Waals surface area contributed by atoms with Crippen LogP contribution in [-0.2, 0) is 14.4 Å². The maximum absolute atomic E-state index is 8.36. The Morgan fingerprint density at radius 1 is 0.438 bits per heavy atom. The summed E-state index contributed by atoms with van der Waals surface area (Å²) in [6.45, 7) is -0.750. The van der Waals surface area contributed by atoms with Crippen LogP contribution < -0.4 is 0 Å². The molecule has 0 aliphatic rings. The first-order valence-electron chi connectivity index (χ1n) is 1.48. The Labute approximate surface area is 303 Å². The molecule has 0 saturated carbocycles. The molecule has 0 atom stereocenters. The molecule has 0 unspecified atom stereocenters. The van der Waals surface area contributed by atoms with E-state index in [1.165, 1.54) is 0 Å². The Hall–Kier alpha value is 7.23. The van der Waals surface area contributed by atoms with Crippen LogP contribution in [0.25, 0.3) is 0 Å². The predicted octanol–water partition coefficient (Wildman–Crippen LogP) is -7.31. The van der Waals surface area contributed by atoms with Gasteiger partial charge in [0.15, 0.2) is 0 Å². The van der Waals surface area contributed by atoms with Gasteiger partial charge in [0.05, 0.1) is 0 Å². The fraction of sp³-hybridized carbons (Fsp3) is 0. The molecule has 16 heavy (non-hydrogen) atoms. The number of hydrogen-bond donors (Lipinski definition) is 3. The average Bonchev–Trinajstić information content (AvgIpc) is 1.70. The first-order chi connectivity index (χ1) is 4.24. The molecule has 0 radical (unpaired) electrons. The zero-order chi connectivity index (χ0) is 8.12. The third kappa shape index (κ3) is 166. The number of carbonyl (C=O) groups is 3. The van der Waals surface area contributed by atoms with Crippen molar-refractivity contribution >= 4 is 284 Å². The van der Waals surface area contributed by atoms with E-state index < -0.39 is 0 Å². The van der Waals surface area contributed by atoms with E-state index in [1.807, 2.05) is 0 Å². The zero-order valence-corrected chi connectivity index (χ0v) is 4.30. The summed E-state index contributed by atoms with van der Waals surface area (Å²) in [4.78, 5) is 25.1. The molecule has 0 bridgehead atoms. The van der Waals surface area contributed by atoms with Crippen molar-refractivity contribution in [1.82, 2.24) is 0 Å². The minimum absolute atomic E-state index is 0. The normalized spacial score (nSPS) is 2.25. The van der Waals surface area contributed by atoms with Gasteiger partial charge in [0.2, 0.25) is 0 Å². The molecule has 0 aromatic carbocycles. The first kappa shape index (κ1) is 65.6. The summed E-state index contributed by atoms with van der Waals surface area (Å²) in [7, 11) is 0. The molecule has 13 heteroatoms. The Bertz CT molecular complexity index is 60.9. The fourth-order valence-corrected chi connectivity index (χ4v) is 0. The summed E-state index contributed by atoms with van der Waals surface area (Å²) < 4.78 is 0. The molecule has 0 aliphatic heterocycles. The van der Waals surface area contributed by atoms with Gasteiger partial charge in [0.25, 0.3) is 19.4 Å². The summed E-state index contributed by atoms with van der Waals surface area (Å²) >= 11 is 0. The molecule has 82 valence electrons. The zero-order valence-electron chi connectivity index (χ0n) is 4.30. The molecular formula is C3H20Ca7O6. The topological polar surface area (TPSA) is 112 Å². The summed E-state index contributed by atoms with van der Waals surface area (Å²) in [5.41, 5.74) is 0. The summed E-state index contributed by atoms with van der Waals surface area (Å²) in [5, 5.41) is 20.7. The van der Waals surface area contributed by atoms with Gasteiger partial charge >= 0.3 is 264 Å². The minimum atomic E-state index is -0.250. The Kier molecular flexibility index (Phi) is 392. The Morgan fingerprint density at radius 3 is 0.438 bits per heavy atom. The van der Waals surface area contributed by atoms with E-state index in [9.17, 15) is 0 Å². The van der Waals surface area contributed by atoms with Crippen LogP contribution in [0.1, 0.15) is 0 Å². The summed E-state index contributed by atoms with van der Waals surface area (Å²) in [5.74, 6) is 0. The molecule has 0 aromatic rings. The van der Waals surface area contributed by atoms with Crippen molar-refractivity contribution in [3.05, 3.63) is 0 Å². The number of carboxylic acid groups (broad SMARTS) is 3. The molecule has 3 N–H and O–H groups in total. The van der Waals surface area contributed by atoms with Crippen molar-refractivity contribution in [2.75, 3.05) is 0 Å². The molecule has 0 aliphatic carbocycles. The van der Waals surface area contributed by atoms with E-state index in [1.54, 1.807) is 0 Å². The van der Waals surface area contributed by atoms with Crippen LogP contribution in [0.15, 0.2) is 0 Å². The van der Waals surface area contributed by atoms with E-state index >= 15 is 0 Å². The monoisotopic (exact) mass is 432 g/mol. The van der Waals surface area contributed by atoms with Gasteiger partial charge in [0, 0.05) is 0 Å². The van der Waals surface area contributed by atoms with Gasteiger partial charge in [0.1, 0.15) is 0 Å². The van der Waals surface area contributed by atoms with Gasteiger partial charge in [-0.1, -0.05) is 0 Å². The van der Waals surface area contributed by atoms with Gasteiger partial charge in [-0.2, -0.15) is 0 Å². The van der Waals surface area contributed by atoms with E-state index in [-0.39, 0.29) is 284 Å². The van der Waals surface area contributed by atoms with Crippen molar-refractivity contribution in [2.45, 2.75) is 0 Å². The molecule has 6 nitrogen and oxygen atoms in total. The average molecular weight is 433 g/mol. The van der Waals surface area contributed by atoms with Crippen LogP contribution in [0, 0.1) is 0 Å². The van der Waals surface area contributed by atoms with Crippen LogP contribution in [-0.4, -0.2) is 299 Å². The maximum atomic E-state index is 8.36. The van der Waals surface area contributed by atoms with E-state index in [0.717, 1.165) is 0 Å². The molecule has 0 amide bonds. The summed E-state index contributed by atoms with van der Waals surface area (Å²) in [6, 6.07) is 0. The Morgan fingerprint density at radius 2 is 0.438 bits per heavy atom. The second-order valence-electron chi connectivity index (χ2n) is 0.316. The second-order valence-corrected chi connectivity index (χ2v) is 0.316. The van der Waals surface area contributed by atoms with Crippen molar-refractivity contribution in [3.63, 3.8) is 0 Å². The van der Waals surface area contributed by atoms with Crippen LogP contribution >= 0.6 is 0 Å². The fourth-order valence-electron chi connectivity index (χ4n) is 0. The van der Waals surface area contributed by atoms with Crippen molar-refractivity contribution in [2.24, 2.45) is 0 Å². The molecular weight excluding hydrogens is 413 g/mol. The van der Waals surface area contributed by atoms with E-state index in [4.69, 9.17) is 29.7 Å². The standard InChI is InChI=1S/3CH2O2.7Ca.14H/c3*2-1-3;;;;;;;;;;;;;;;;;;;;;/h3*1H,(H,2,3);;;;;;;;;;;;;;;;;;;;;. The molecule has 0 fully saturated rings. The van der Waals surface area contributed by atoms with Crippen LogP contribution in [0.4, 0.5) is 0 Å². The molecule has 0 saturated heterocycles.